The number of aryl methyl sites for hydroxylation is 1. The third kappa shape index (κ3) is 2.64. The Morgan fingerprint density at radius 3 is 2.73 bits per heavy atom. The lowest BCUT2D eigenvalue weighted by Gasteiger charge is -2.09. The number of ether oxygens (including phenoxy) is 1. The van der Waals surface area contributed by atoms with Crippen molar-refractivity contribution in [2.24, 2.45) is 0 Å². The van der Waals surface area contributed by atoms with Crippen LogP contribution in [0.3, 0.4) is 0 Å². The van der Waals surface area contributed by atoms with Gasteiger partial charge in [0.1, 0.15) is 5.82 Å². The molecule has 0 spiro atoms. The van der Waals surface area contributed by atoms with Crippen molar-refractivity contribution in [2.75, 3.05) is 0 Å². The molecule has 0 radical (unpaired) electrons. The maximum absolute atomic E-state index is 12.4. The summed E-state index contributed by atoms with van der Waals surface area (Å²) in [4.78, 5) is 23.6. The molecule has 0 amide bonds. The molecule has 0 saturated heterocycles. The molecule has 1 aliphatic rings. The van der Waals surface area contributed by atoms with Gasteiger partial charge in [-0.15, -0.1) is 5.10 Å². The van der Waals surface area contributed by atoms with Crippen molar-refractivity contribution in [1.29, 1.82) is 0 Å². The van der Waals surface area contributed by atoms with Crippen LogP contribution in [0.2, 0.25) is 10.0 Å². The van der Waals surface area contributed by atoms with E-state index in [1.165, 1.54) is 23.7 Å². The minimum Gasteiger partial charge on any atom is -0.425 e. The highest BCUT2D eigenvalue weighted by Crippen LogP contribution is 2.32. The number of carbonyl (C=O) groups excluding carboxylic acids is 1. The second-order valence-corrected chi connectivity index (χ2v) is 5.86. The highest BCUT2D eigenvalue weighted by atomic mass is 35.5. The van der Waals surface area contributed by atoms with E-state index in [-0.39, 0.29) is 21.5 Å². The van der Waals surface area contributed by atoms with Crippen LogP contribution < -0.4 is 10.4 Å². The molecule has 3 rings (SSSR count). The number of aromatic nitrogens is 3. The molecule has 0 atom stereocenters. The molecule has 22 heavy (non-hydrogen) atoms. The third-order valence-corrected chi connectivity index (χ3v) is 4.05. The molecule has 2 aromatic rings. The zero-order valence-corrected chi connectivity index (χ0v) is 13.3. The highest BCUT2D eigenvalue weighted by molar-refractivity contribution is 6.36. The molecule has 6 nitrogen and oxygen atoms in total. The molecule has 0 fully saturated rings. The molecule has 1 aliphatic heterocycles. The fourth-order valence-electron chi connectivity index (χ4n) is 2.47. The fourth-order valence-corrected chi connectivity index (χ4v) is 2.97. The molecule has 8 heteroatoms. The minimum atomic E-state index is -0.508. The topological polar surface area (TPSA) is 66.1 Å². The molecule has 2 heterocycles. The van der Waals surface area contributed by atoms with Crippen LogP contribution in [0.4, 0.5) is 0 Å². The van der Waals surface area contributed by atoms with Crippen molar-refractivity contribution in [3.63, 3.8) is 0 Å². The van der Waals surface area contributed by atoms with Gasteiger partial charge in [0.2, 0.25) is 0 Å². The Hall–Kier alpha value is -1.79. The van der Waals surface area contributed by atoms with Gasteiger partial charge < -0.3 is 4.74 Å². The summed E-state index contributed by atoms with van der Waals surface area (Å²) in [5.74, 6) is 0.370. The van der Waals surface area contributed by atoms with E-state index >= 15 is 0 Å². The predicted octanol–water partition coefficient (Wildman–Crippen LogP) is 2.60. The lowest BCUT2D eigenvalue weighted by molar-refractivity contribution is -0.131. The predicted molar refractivity (Wildman–Crippen MR) is 82.1 cm³/mol. The minimum absolute atomic E-state index is 0.145. The standard InChI is InChI=1S/C14H13Cl2N3O3/c1-8(20)22-12-7-11(9(15)6-10(12)16)19-14(21)18-5-3-2-4-13(18)17-19/h6-7H,2-5H2,1H3. The summed E-state index contributed by atoms with van der Waals surface area (Å²) in [6, 6.07) is 2.88. The largest absolute Gasteiger partial charge is 0.425 e. The van der Waals surface area contributed by atoms with Crippen molar-refractivity contribution >= 4 is 29.2 Å². The second-order valence-electron chi connectivity index (χ2n) is 5.05. The van der Waals surface area contributed by atoms with E-state index in [0.29, 0.717) is 12.2 Å². The number of nitrogens with zero attached hydrogens (tertiary/aromatic N) is 3. The van der Waals surface area contributed by atoms with Crippen LogP contribution in [0.25, 0.3) is 5.69 Å². The number of carbonyl (C=O) groups is 1. The zero-order valence-electron chi connectivity index (χ0n) is 11.8. The van der Waals surface area contributed by atoms with Gasteiger partial charge in [-0.2, -0.15) is 4.68 Å². The van der Waals surface area contributed by atoms with Crippen molar-refractivity contribution in [1.82, 2.24) is 14.3 Å². The van der Waals surface area contributed by atoms with E-state index in [9.17, 15) is 9.59 Å². The molecule has 1 aromatic heterocycles. The summed E-state index contributed by atoms with van der Waals surface area (Å²) in [6.45, 7) is 1.92. The Kier molecular flexibility index (Phi) is 3.97. The van der Waals surface area contributed by atoms with E-state index in [1.807, 2.05) is 0 Å². The van der Waals surface area contributed by atoms with Crippen LogP contribution in [-0.4, -0.2) is 20.3 Å². The Balaban J connectivity index is 2.14. The van der Waals surface area contributed by atoms with Gasteiger partial charge in [-0.25, -0.2) is 4.79 Å². The Morgan fingerprint density at radius 2 is 2.05 bits per heavy atom. The van der Waals surface area contributed by atoms with Crippen LogP contribution in [0.15, 0.2) is 16.9 Å². The average molecular weight is 342 g/mol. The number of hydrogen-bond acceptors (Lipinski definition) is 4. The molecule has 0 unspecified atom stereocenters. The van der Waals surface area contributed by atoms with Crippen LogP contribution >= 0.6 is 23.2 Å². The average Bonchev–Trinajstić information content (AvgIpc) is 2.79. The van der Waals surface area contributed by atoms with Gasteiger partial charge in [-0.3, -0.25) is 9.36 Å². The summed E-state index contributed by atoms with van der Waals surface area (Å²) < 4.78 is 7.89. The highest BCUT2D eigenvalue weighted by Gasteiger charge is 2.20. The quantitative estimate of drug-likeness (QED) is 0.622. The molecule has 0 aliphatic carbocycles. The monoisotopic (exact) mass is 341 g/mol. The molecule has 0 N–H and O–H groups in total. The zero-order chi connectivity index (χ0) is 15.9. The summed E-state index contributed by atoms with van der Waals surface area (Å²) >= 11 is 12.2. The van der Waals surface area contributed by atoms with E-state index in [4.69, 9.17) is 27.9 Å². The smallest absolute Gasteiger partial charge is 0.350 e. The molecular formula is C14H13Cl2N3O3. The van der Waals surface area contributed by atoms with Gasteiger partial charge in [0.25, 0.3) is 0 Å². The second kappa shape index (κ2) is 5.78. The van der Waals surface area contributed by atoms with Gasteiger partial charge in [0.05, 0.1) is 15.7 Å². The SMILES string of the molecule is CC(=O)Oc1cc(-n2nc3n(c2=O)CCCC3)c(Cl)cc1Cl. The number of esters is 1. The number of hydrogen-bond donors (Lipinski definition) is 0. The lowest BCUT2D eigenvalue weighted by Crippen LogP contribution is -2.26. The number of halogens is 2. The van der Waals surface area contributed by atoms with Crippen LogP contribution in [0.1, 0.15) is 25.6 Å². The first-order valence-electron chi connectivity index (χ1n) is 6.84. The van der Waals surface area contributed by atoms with Crippen molar-refractivity contribution in [3.8, 4) is 11.4 Å². The van der Waals surface area contributed by atoms with E-state index in [1.54, 1.807) is 4.57 Å². The first-order valence-corrected chi connectivity index (χ1v) is 7.59. The molecule has 116 valence electrons. The van der Waals surface area contributed by atoms with Crippen molar-refractivity contribution in [2.45, 2.75) is 32.7 Å². The van der Waals surface area contributed by atoms with Gasteiger partial charge in [0.15, 0.2) is 5.75 Å². The summed E-state index contributed by atoms with van der Waals surface area (Å²) in [5, 5.41) is 4.79. The summed E-state index contributed by atoms with van der Waals surface area (Å²) in [5.41, 5.74) is 0.0851. The normalized spacial score (nSPS) is 13.8. The third-order valence-electron chi connectivity index (χ3n) is 3.45. The first kappa shape index (κ1) is 15.1. The Bertz CT molecular complexity index is 810. The summed E-state index contributed by atoms with van der Waals surface area (Å²) in [7, 11) is 0. The first-order chi connectivity index (χ1) is 10.5. The van der Waals surface area contributed by atoms with Crippen LogP contribution in [0, 0.1) is 0 Å². The van der Waals surface area contributed by atoms with E-state index < -0.39 is 5.97 Å². The molecular weight excluding hydrogens is 329 g/mol. The fraction of sp³-hybridized carbons (Fsp3) is 0.357. The maximum atomic E-state index is 12.4. The van der Waals surface area contributed by atoms with Gasteiger partial charge in [-0.1, -0.05) is 23.2 Å². The van der Waals surface area contributed by atoms with Gasteiger partial charge in [0, 0.05) is 26.0 Å². The van der Waals surface area contributed by atoms with Crippen molar-refractivity contribution < 1.29 is 9.53 Å². The number of benzene rings is 1. The Labute approximate surface area is 136 Å². The molecule has 0 saturated carbocycles. The van der Waals surface area contributed by atoms with Gasteiger partial charge in [-0.05, 0) is 18.9 Å². The van der Waals surface area contributed by atoms with Crippen molar-refractivity contribution in [3.05, 3.63) is 38.5 Å². The molecule has 1 aromatic carbocycles. The Morgan fingerprint density at radius 1 is 1.27 bits per heavy atom. The molecule has 0 bridgehead atoms. The summed E-state index contributed by atoms with van der Waals surface area (Å²) in [6.07, 6.45) is 2.71. The van der Waals surface area contributed by atoms with Crippen LogP contribution in [0.5, 0.6) is 5.75 Å². The van der Waals surface area contributed by atoms with E-state index in [2.05, 4.69) is 5.10 Å². The maximum Gasteiger partial charge on any atom is 0.350 e. The number of rotatable bonds is 2. The lowest BCUT2D eigenvalue weighted by atomic mass is 10.2. The number of fused-ring (bicyclic) bond motifs is 1. The van der Waals surface area contributed by atoms with Gasteiger partial charge >= 0.3 is 11.7 Å². The van der Waals surface area contributed by atoms with E-state index in [0.717, 1.165) is 25.1 Å². The van der Waals surface area contributed by atoms with Crippen LogP contribution in [-0.2, 0) is 17.8 Å².